The van der Waals surface area contributed by atoms with Crippen molar-refractivity contribution in [2.24, 2.45) is 5.92 Å². The molecule has 7 nitrogen and oxygen atoms in total. The molecule has 3 rings (SSSR count). The minimum atomic E-state index is -3.67. The molecule has 0 bridgehead atoms. The van der Waals surface area contributed by atoms with Crippen LogP contribution in [0.4, 0.5) is 0 Å². The van der Waals surface area contributed by atoms with Gasteiger partial charge in [0.1, 0.15) is 0 Å². The molecule has 1 aliphatic heterocycles. The Morgan fingerprint density at radius 3 is 2.52 bits per heavy atom. The van der Waals surface area contributed by atoms with Crippen LogP contribution < -0.4 is 10.6 Å². The zero-order chi connectivity index (χ0) is 19.4. The number of nitrogens with one attached hydrogen (secondary N) is 2. The van der Waals surface area contributed by atoms with Gasteiger partial charge < -0.3 is 10.6 Å². The van der Waals surface area contributed by atoms with Gasteiger partial charge in [0.25, 0.3) is 5.91 Å². The third kappa shape index (κ3) is 4.95. The lowest BCUT2D eigenvalue weighted by Crippen LogP contribution is -2.49. The zero-order valence-corrected chi connectivity index (χ0v) is 16.0. The Morgan fingerprint density at radius 1 is 1.19 bits per heavy atom. The van der Waals surface area contributed by atoms with Crippen LogP contribution in [0.15, 0.2) is 41.8 Å². The number of nitrogens with zero attached hydrogens (tertiary/aromatic N) is 1. The van der Waals surface area contributed by atoms with Crippen molar-refractivity contribution in [1.82, 2.24) is 14.9 Å². The first-order valence-electron chi connectivity index (χ1n) is 9.21. The monoisotopic (exact) mass is 391 g/mol. The minimum absolute atomic E-state index is 0.150. The molecule has 1 aromatic carbocycles. The van der Waals surface area contributed by atoms with Gasteiger partial charge in [-0.1, -0.05) is 6.58 Å². The molecule has 0 unspecified atom stereocenters. The van der Waals surface area contributed by atoms with E-state index in [-0.39, 0.29) is 29.3 Å². The van der Waals surface area contributed by atoms with Crippen molar-refractivity contribution in [2.75, 3.05) is 19.6 Å². The average Bonchev–Trinajstić information content (AvgIpc) is 3.51. The molecule has 1 atom stereocenters. The van der Waals surface area contributed by atoms with Crippen molar-refractivity contribution in [3.05, 3.63) is 42.5 Å². The fourth-order valence-electron chi connectivity index (χ4n) is 3.13. The number of carbonyl (C=O) groups is 2. The Morgan fingerprint density at radius 2 is 1.89 bits per heavy atom. The number of amides is 2. The molecule has 2 N–H and O–H groups in total. The van der Waals surface area contributed by atoms with Gasteiger partial charge in [0.05, 0.1) is 4.90 Å². The summed E-state index contributed by atoms with van der Waals surface area (Å²) in [6, 6.07) is 5.78. The third-order valence-electron chi connectivity index (χ3n) is 4.92. The normalized spacial score (nSPS) is 20.7. The van der Waals surface area contributed by atoms with Crippen LogP contribution in [0.5, 0.6) is 0 Å². The molecule has 8 heteroatoms. The summed E-state index contributed by atoms with van der Waals surface area (Å²) in [7, 11) is -3.67. The van der Waals surface area contributed by atoms with E-state index in [0.29, 0.717) is 31.0 Å². The molecular formula is C19H25N3O4S. The van der Waals surface area contributed by atoms with Crippen molar-refractivity contribution in [3.8, 4) is 0 Å². The molecule has 2 fully saturated rings. The Kier molecular flexibility index (Phi) is 5.96. The highest BCUT2D eigenvalue weighted by molar-refractivity contribution is 7.89. The maximum Gasteiger partial charge on any atom is 0.251 e. The standard InChI is InChI=1S/C19H25N3O4S/c1-2-18(23)21-16-4-3-11-22(13-16)27(25,26)17-9-7-15(8-10-17)19(24)20-12-14-5-6-14/h2,7-10,14,16H,1,3-6,11-13H2,(H,20,24)(H,21,23)/t16-/m0/s1. The number of piperidine rings is 1. The SMILES string of the molecule is C=CC(=O)N[C@H]1CCCN(S(=O)(=O)c2ccc(C(=O)NCC3CC3)cc2)C1. The van der Waals surface area contributed by atoms with Gasteiger partial charge in [-0.25, -0.2) is 8.42 Å². The second-order valence-corrected chi connectivity index (χ2v) is 9.03. The molecule has 0 spiro atoms. The van der Waals surface area contributed by atoms with E-state index in [1.165, 1.54) is 34.6 Å². The summed E-state index contributed by atoms with van der Waals surface area (Å²) in [5.74, 6) is 0.0964. The lowest BCUT2D eigenvalue weighted by Gasteiger charge is -2.32. The number of hydrogen-bond donors (Lipinski definition) is 2. The van der Waals surface area contributed by atoms with Crippen LogP contribution in [0.1, 0.15) is 36.0 Å². The number of hydrogen-bond acceptors (Lipinski definition) is 4. The van der Waals surface area contributed by atoms with Crippen LogP contribution in [-0.4, -0.2) is 50.2 Å². The molecule has 2 aliphatic rings. The second-order valence-electron chi connectivity index (χ2n) is 7.09. The number of sulfonamides is 1. The quantitative estimate of drug-likeness (QED) is 0.685. The average molecular weight is 391 g/mol. The number of carbonyl (C=O) groups excluding carboxylic acids is 2. The summed E-state index contributed by atoms with van der Waals surface area (Å²) in [6.07, 6.45) is 4.89. The summed E-state index contributed by atoms with van der Waals surface area (Å²) in [5.41, 5.74) is 0.448. The van der Waals surface area contributed by atoms with E-state index in [9.17, 15) is 18.0 Å². The Labute approximate surface area is 159 Å². The zero-order valence-electron chi connectivity index (χ0n) is 15.2. The van der Waals surface area contributed by atoms with Crippen LogP contribution in [-0.2, 0) is 14.8 Å². The van der Waals surface area contributed by atoms with Gasteiger partial charge >= 0.3 is 0 Å². The van der Waals surface area contributed by atoms with Crippen LogP contribution in [0.2, 0.25) is 0 Å². The smallest absolute Gasteiger partial charge is 0.251 e. The van der Waals surface area contributed by atoms with Gasteiger partial charge in [-0.05, 0) is 61.9 Å². The van der Waals surface area contributed by atoms with E-state index in [1.54, 1.807) is 0 Å². The topological polar surface area (TPSA) is 95.6 Å². The fourth-order valence-corrected chi connectivity index (χ4v) is 4.65. The second kappa shape index (κ2) is 8.22. The van der Waals surface area contributed by atoms with E-state index < -0.39 is 10.0 Å². The summed E-state index contributed by atoms with van der Waals surface area (Å²) >= 11 is 0. The van der Waals surface area contributed by atoms with E-state index in [1.807, 2.05) is 0 Å². The van der Waals surface area contributed by atoms with Crippen molar-refractivity contribution >= 4 is 21.8 Å². The first-order chi connectivity index (χ1) is 12.9. The highest BCUT2D eigenvalue weighted by atomic mass is 32.2. The van der Waals surface area contributed by atoms with Gasteiger partial charge in [0, 0.05) is 31.2 Å². The molecule has 27 heavy (non-hydrogen) atoms. The van der Waals surface area contributed by atoms with Crippen LogP contribution >= 0.6 is 0 Å². The first-order valence-corrected chi connectivity index (χ1v) is 10.7. The molecule has 1 aromatic rings. The molecule has 146 valence electrons. The Balaban J connectivity index is 1.65. The maximum atomic E-state index is 12.9. The minimum Gasteiger partial charge on any atom is -0.352 e. The summed E-state index contributed by atoms with van der Waals surface area (Å²) in [4.78, 5) is 23.7. The van der Waals surface area contributed by atoms with E-state index in [4.69, 9.17) is 0 Å². The van der Waals surface area contributed by atoms with Gasteiger partial charge in [0.2, 0.25) is 15.9 Å². The van der Waals surface area contributed by atoms with Crippen molar-refractivity contribution < 1.29 is 18.0 Å². The van der Waals surface area contributed by atoms with E-state index in [0.717, 1.165) is 19.3 Å². The predicted molar refractivity (Wildman–Crippen MR) is 102 cm³/mol. The summed E-state index contributed by atoms with van der Waals surface area (Å²) in [5, 5.41) is 5.62. The van der Waals surface area contributed by atoms with Gasteiger partial charge in [-0.2, -0.15) is 4.31 Å². The van der Waals surface area contributed by atoms with Crippen molar-refractivity contribution in [1.29, 1.82) is 0 Å². The largest absolute Gasteiger partial charge is 0.352 e. The number of benzene rings is 1. The highest BCUT2D eigenvalue weighted by Gasteiger charge is 2.30. The third-order valence-corrected chi connectivity index (χ3v) is 6.80. The fraction of sp³-hybridized carbons (Fsp3) is 0.474. The Hall–Kier alpha value is -2.19. The van der Waals surface area contributed by atoms with Gasteiger partial charge in [0.15, 0.2) is 0 Å². The summed E-state index contributed by atoms with van der Waals surface area (Å²) < 4.78 is 27.2. The summed E-state index contributed by atoms with van der Waals surface area (Å²) in [6.45, 7) is 4.72. The number of rotatable bonds is 7. The molecule has 1 saturated carbocycles. The lowest BCUT2D eigenvalue weighted by atomic mass is 10.1. The van der Waals surface area contributed by atoms with E-state index in [2.05, 4.69) is 17.2 Å². The Bertz CT molecular complexity index is 816. The van der Waals surface area contributed by atoms with E-state index >= 15 is 0 Å². The molecule has 1 aliphatic carbocycles. The van der Waals surface area contributed by atoms with Crippen molar-refractivity contribution in [2.45, 2.75) is 36.6 Å². The molecule has 2 amide bonds. The van der Waals surface area contributed by atoms with Crippen molar-refractivity contribution in [3.63, 3.8) is 0 Å². The van der Waals surface area contributed by atoms with Gasteiger partial charge in [-0.3, -0.25) is 9.59 Å². The van der Waals surface area contributed by atoms with Crippen LogP contribution in [0.3, 0.4) is 0 Å². The maximum absolute atomic E-state index is 12.9. The highest BCUT2D eigenvalue weighted by Crippen LogP contribution is 2.27. The first kappa shape index (κ1) is 19.6. The van der Waals surface area contributed by atoms with Crippen LogP contribution in [0, 0.1) is 5.92 Å². The molecular weight excluding hydrogens is 366 g/mol. The molecule has 1 heterocycles. The predicted octanol–water partition coefficient (Wildman–Crippen LogP) is 1.28. The molecule has 0 aromatic heterocycles. The van der Waals surface area contributed by atoms with Gasteiger partial charge in [-0.15, -0.1) is 0 Å². The molecule has 1 saturated heterocycles. The molecule has 0 radical (unpaired) electrons. The van der Waals surface area contributed by atoms with Crippen LogP contribution in [0.25, 0.3) is 0 Å². The lowest BCUT2D eigenvalue weighted by molar-refractivity contribution is -0.117.